The molecule has 3 amide bonds. The Hall–Kier alpha value is -2.67. The molecule has 4 rings (SSSR count). The summed E-state index contributed by atoms with van der Waals surface area (Å²) in [6.07, 6.45) is 1.47. The normalized spacial score (nSPS) is 20.6. The Morgan fingerprint density at radius 3 is 2.52 bits per heavy atom. The first kappa shape index (κ1) is 21.6. The molecule has 0 aliphatic carbocycles. The Balaban J connectivity index is 1.33. The molecule has 0 radical (unpaired) electrons. The second-order valence-electron chi connectivity index (χ2n) is 8.35. The number of carbonyl (C=O) groups excluding carboxylic acids is 3. The molecule has 1 aromatic carbocycles. The van der Waals surface area contributed by atoms with E-state index in [1.807, 2.05) is 69.5 Å². The van der Waals surface area contributed by atoms with Gasteiger partial charge < -0.3 is 14.7 Å². The van der Waals surface area contributed by atoms with Crippen LogP contribution in [0.25, 0.3) is 0 Å². The van der Waals surface area contributed by atoms with Gasteiger partial charge in [0.15, 0.2) is 0 Å². The predicted molar refractivity (Wildman–Crippen MR) is 120 cm³/mol. The van der Waals surface area contributed by atoms with E-state index in [2.05, 4.69) is 0 Å². The van der Waals surface area contributed by atoms with Gasteiger partial charge in [0.1, 0.15) is 0 Å². The maximum Gasteiger partial charge on any atom is 0.228 e. The summed E-state index contributed by atoms with van der Waals surface area (Å²) in [4.78, 5) is 45.1. The van der Waals surface area contributed by atoms with Gasteiger partial charge in [-0.2, -0.15) is 0 Å². The van der Waals surface area contributed by atoms with Crippen LogP contribution in [-0.4, -0.2) is 65.1 Å². The molecule has 2 atom stereocenters. The fourth-order valence-corrected chi connectivity index (χ4v) is 5.20. The second-order valence-corrected chi connectivity index (χ2v) is 9.38. The van der Waals surface area contributed by atoms with Gasteiger partial charge in [-0.15, -0.1) is 11.3 Å². The minimum Gasteiger partial charge on any atom is -0.341 e. The molecule has 2 aliphatic rings. The van der Waals surface area contributed by atoms with Crippen molar-refractivity contribution in [2.45, 2.75) is 32.2 Å². The average molecular weight is 440 g/mol. The van der Waals surface area contributed by atoms with Crippen LogP contribution in [0.1, 0.15) is 36.2 Å². The first-order chi connectivity index (χ1) is 15.0. The van der Waals surface area contributed by atoms with Gasteiger partial charge in [0.2, 0.25) is 17.7 Å². The Kier molecular flexibility index (Phi) is 6.70. The lowest BCUT2D eigenvalue weighted by Gasteiger charge is -2.27. The smallest absolute Gasteiger partial charge is 0.228 e. The lowest BCUT2D eigenvalue weighted by atomic mass is 10.1. The van der Waals surface area contributed by atoms with Crippen molar-refractivity contribution in [1.29, 1.82) is 0 Å². The lowest BCUT2D eigenvalue weighted by Crippen LogP contribution is -2.41. The maximum atomic E-state index is 13.2. The summed E-state index contributed by atoms with van der Waals surface area (Å²) in [6, 6.07) is 13.8. The molecule has 2 unspecified atom stereocenters. The standard InChI is InChI=1S/C24H29N3O3S/c1-18(19-7-3-2-4-8-19)27-17-20(15-23(27)29)24(30)26-11-6-10-25(12-13-26)22(28)16-21-9-5-14-31-21/h2-5,7-9,14,18,20H,6,10-13,15-17H2,1H3. The maximum absolute atomic E-state index is 13.2. The highest BCUT2D eigenvalue weighted by Crippen LogP contribution is 2.29. The zero-order chi connectivity index (χ0) is 21.8. The summed E-state index contributed by atoms with van der Waals surface area (Å²) in [5, 5.41) is 1.98. The Bertz CT molecular complexity index is 915. The van der Waals surface area contributed by atoms with Crippen LogP contribution in [0.3, 0.4) is 0 Å². The molecule has 31 heavy (non-hydrogen) atoms. The van der Waals surface area contributed by atoms with E-state index in [1.165, 1.54) is 0 Å². The van der Waals surface area contributed by atoms with Crippen molar-refractivity contribution in [1.82, 2.24) is 14.7 Å². The number of likely N-dealkylation sites (tertiary alicyclic amines) is 1. The zero-order valence-corrected chi connectivity index (χ0v) is 18.7. The van der Waals surface area contributed by atoms with E-state index < -0.39 is 0 Å². The number of amides is 3. The molecule has 3 heterocycles. The number of rotatable bonds is 5. The van der Waals surface area contributed by atoms with Crippen molar-refractivity contribution in [3.63, 3.8) is 0 Å². The van der Waals surface area contributed by atoms with Gasteiger partial charge >= 0.3 is 0 Å². The Labute approximate surface area is 187 Å². The van der Waals surface area contributed by atoms with E-state index in [9.17, 15) is 14.4 Å². The van der Waals surface area contributed by atoms with Crippen LogP contribution < -0.4 is 0 Å². The van der Waals surface area contributed by atoms with Crippen LogP contribution in [0.4, 0.5) is 0 Å². The molecule has 2 saturated heterocycles. The average Bonchev–Trinajstić information content (AvgIpc) is 3.36. The molecule has 0 spiro atoms. The van der Waals surface area contributed by atoms with Crippen molar-refractivity contribution in [3.05, 3.63) is 58.3 Å². The first-order valence-corrected chi connectivity index (χ1v) is 11.8. The molecule has 0 N–H and O–H groups in total. The number of hydrogen-bond donors (Lipinski definition) is 0. The number of benzene rings is 1. The number of hydrogen-bond acceptors (Lipinski definition) is 4. The highest BCUT2D eigenvalue weighted by Gasteiger charge is 2.39. The van der Waals surface area contributed by atoms with Gasteiger partial charge in [0, 0.05) is 44.0 Å². The van der Waals surface area contributed by atoms with Crippen molar-refractivity contribution in [2.24, 2.45) is 5.92 Å². The van der Waals surface area contributed by atoms with Gasteiger partial charge in [-0.05, 0) is 30.4 Å². The highest BCUT2D eigenvalue weighted by atomic mass is 32.1. The van der Waals surface area contributed by atoms with Crippen LogP contribution in [-0.2, 0) is 20.8 Å². The molecule has 164 valence electrons. The summed E-state index contributed by atoms with van der Waals surface area (Å²) in [6.45, 7) is 4.89. The Morgan fingerprint density at radius 1 is 1.03 bits per heavy atom. The molecule has 6 nitrogen and oxygen atoms in total. The fourth-order valence-electron chi connectivity index (χ4n) is 4.50. The predicted octanol–water partition coefficient (Wildman–Crippen LogP) is 2.96. The molecule has 0 bridgehead atoms. The van der Waals surface area contributed by atoms with Crippen LogP contribution in [0.2, 0.25) is 0 Å². The van der Waals surface area contributed by atoms with Gasteiger partial charge in [-0.3, -0.25) is 14.4 Å². The van der Waals surface area contributed by atoms with E-state index in [0.717, 1.165) is 16.9 Å². The third-order valence-corrected chi connectivity index (χ3v) is 7.20. The Morgan fingerprint density at radius 2 is 1.77 bits per heavy atom. The second kappa shape index (κ2) is 9.64. The third-order valence-electron chi connectivity index (χ3n) is 6.32. The molecule has 2 aliphatic heterocycles. The summed E-state index contributed by atoms with van der Waals surface area (Å²) in [5.41, 5.74) is 1.08. The fraction of sp³-hybridized carbons (Fsp3) is 0.458. The molecule has 1 aromatic heterocycles. The summed E-state index contributed by atoms with van der Waals surface area (Å²) in [7, 11) is 0. The molecular formula is C24H29N3O3S. The van der Waals surface area contributed by atoms with E-state index in [0.29, 0.717) is 39.1 Å². The van der Waals surface area contributed by atoms with Crippen LogP contribution in [0, 0.1) is 5.92 Å². The van der Waals surface area contributed by atoms with Gasteiger partial charge in [-0.25, -0.2) is 0 Å². The van der Waals surface area contributed by atoms with Crippen LogP contribution in [0.5, 0.6) is 0 Å². The zero-order valence-electron chi connectivity index (χ0n) is 17.9. The number of thiophene rings is 1. The summed E-state index contributed by atoms with van der Waals surface area (Å²) in [5.74, 6) is -0.0939. The van der Waals surface area contributed by atoms with Crippen molar-refractivity contribution >= 4 is 29.1 Å². The van der Waals surface area contributed by atoms with E-state index in [1.54, 1.807) is 11.3 Å². The first-order valence-electron chi connectivity index (χ1n) is 11.0. The van der Waals surface area contributed by atoms with Gasteiger partial charge in [0.05, 0.1) is 18.4 Å². The van der Waals surface area contributed by atoms with E-state index >= 15 is 0 Å². The summed E-state index contributed by atoms with van der Waals surface area (Å²) < 4.78 is 0. The van der Waals surface area contributed by atoms with Gasteiger partial charge in [-0.1, -0.05) is 36.4 Å². The molecular weight excluding hydrogens is 410 g/mol. The molecule has 0 saturated carbocycles. The van der Waals surface area contributed by atoms with Crippen LogP contribution in [0.15, 0.2) is 47.8 Å². The molecule has 7 heteroatoms. The SMILES string of the molecule is CC(c1ccccc1)N1CC(C(=O)N2CCCN(C(=O)Cc3cccs3)CC2)CC1=O. The van der Waals surface area contributed by atoms with Crippen molar-refractivity contribution in [2.75, 3.05) is 32.7 Å². The van der Waals surface area contributed by atoms with Crippen LogP contribution >= 0.6 is 11.3 Å². The minimum atomic E-state index is -0.299. The minimum absolute atomic E-state index is 0.0391. The van der Waals surface area contributed by atoms with E-state index in [4.69, 9.17) is 0 Å². The quantitative estimate of drug-likeness (QED) is 0.720. The molecule has 2 fully saturated rings. The largest absolute Gasteiger partial charge is 0.341 e. The lowest BCUT2D eigenvalue weighted by molar-refractivity contribution is -0.136. The van der Waals surface area contributed by atoms with Crippen molar-refractivity contribution < 1.29 is 14.4 Å². The van der Waals surface area contributed by atoms with E-state index in [-0.39, 0.29) is 36.1 Å². The molecule has 2 aromatic rings. The monoisotopic (exact) mass is 439 g/mol. The number of carbonyl (C=O) groups is 3. The topological polar surface area (TPSA) is 60.9 Å². The highest BCUT2D eigenvalue weighted by molar-refractivity contribution is 7.10. The van der Waals surface area contributed by atoms with Gasteiger partial charge in [0.25, 0.3) is 0 Å². The summed E-state index contributed by atoms with van der Waals surface area (Å²) >= 11 is 1.60. The third kappa shape index (κ3) is 4.98. The number of nitrogens with zero attached hydrogens (tertiary/aromatic N) is 3. The van der Waals surface area contributed by atoms with Crippen molar-refractivity contribution in [3.8, 4) is 0 Å².